The number of anilines is 1. The molecular formula is C20H23Cl2N3O4S. The zero-order chi connectivity index (χ0) is 21.7. The molecule has 2 aromatic carbocycles. The summed E-state index contributed by atoms with van der Waals surface area (Å²) in [7, 11) is -2.09. The number of halogens is 2. The van der Waals surface area contributed by atoms with Crippen LogP contribution in [-0.2, 0) is 14.8 Å². The van der Waals surface area contributed by atoms with E-state index in [0.717, 1.165) is 6.42 Å². The molecule has 1 saturated heterocycles. The molecule has 0 aromatic heterocycles. The summed E-state index contributed by atoms with van der Waals surface area (Å²) in [5, 5.41) is 0.884. The zero-order valence-electron chi connectivity index (χ0n) is 16.4. The van der Waals surface area contributed by atoms with Crippen molar-refractivity contribution >= 4 is 44.8 Å². The fourth-order valence-corrected chi connectivity index (χ4v) is 5.36. The van der Waals surface area contributed by atoms with Crippen LogP contribution in [0.15, 0.2) is 47.4 Å². The fourth-order valence-electron chi connectivity index (χ4n) is 3.35. The Morgan fingerprint density at radius 2 is 1.93 bits per heavy atom. The minimum atomic E-state index is -3.62. The van der Waals surface area contributed by atoms with Crippen molar-refractivity contribution in [3.05, 3.63) is 52.5 Å². The summed E-state index contributed by atoms with van der Waals surface area (Å²) < 4.78 is 32.4. The molecule has 2 N–H and O–H groups in total. The molecule has 1 heterocycles. The van der Waals surface area contributed by atoms with E-state index in [4.69, 9.17) is 27.9 Å². The lowest BCUT2D eigenvalue weighted by molar-refractivity contribution is -0.121. The normalized spacial score (nSPS) is 17.4. The van der Waals surface area contributed by atoms with Gasteiger partial charge < -0.3 is 4.74 Å². The monoisotopic (exact) mass is 471 g/mol. The first-order valence-electron chi connectivity index (χ1n) is 9.43. The second-order valence-electron chi connectivity index (χ2n) is 7.05. The molecule has 0 aliphatic carbocycles. The Bertz CT molecular complexity index is 1000. The molecule has 1 unspecified atom stereocenters. The number of amides is 1. The summed E-state index contributed by atoms with van der Waals surface area (Å²) in [4.78, 5) is 12.6. The van der Waals surface area contributed by atoms with E-state index >= 15 is 0 Å². The number of benzene rings is 2. The van der Waals surface area contributed by atoms with Crippen LogP contribution in [0.4, 0.5) is 5.69 Å². The van der Waals surface area contributed by atoms with Gasteiger partial charge >= 0.3 is 0 Å². The Kier molecular flexibility index (Phi) is 7.46. The van der Waals surface area contributed by atoms with E-state index in [0.29, 0.717) is 41.0 Å². The van der Waals surface area contributed by atoms with Gasteiger partial charge in [-0.05, 0) is 61.2 Å². The van der Waals surface area contributed by atoms with E-state index in [2.05, 4.69) is 10.9 Å². The van der Waals surface area contributed by atoms with Gasteiger partial charge in [0.15, 0.2) is 0 Å². The predicted octanol–water partition coefficient (Wildman–Crippen LogP) is 3.94. The number of hydrogen-bond acceptors (Lipinski definition) is 5. The highest BCUT2D eigenvalue weighted by molar-refractivity contribution is 7.89. The van der Waals surface area contributed by atoms with Crippen LogP contribution in [0.1, 0.15) is 19.3 Å². The van der Waals surface area contributed by atoms with Crippen molar-refractivity contribution in [2.24, 2.45) is 5.92 Å². The summed E-state index contributed by atoms with van der Waals surface area (Å²) in [6.45, 7) is 0.731. The molecule has 2 aromatic rings. The number of ether oxygens (including phenoxy) is 1. The van der Waals surface area contributed by atoms with Gasteiger partial charge in [0.1, 0.15) is 5.75 Å². The molecule has 3 rings (SSSR count). The van der Waals surface area contributed by atoms with Gasteiger partial charge in [0.25, 0.3) is 0 Å². The average Bonchev–Trinajstić information content (AvgIpc) is 2.73. The van der Waals surface area contributed by atoms with Crippen LogP contribution in [0.5, 0.6) is 5.75 Å². The number of piperidine rings is 1. The Morgan fingerprint density at radius 3 is 2.60 bits per heavy atom. The number of rotatable bonds is 7. The minimum absolute atomic E-state index is 0.0748. The maximum atomic E-state index is 12.9. The summed E-state index contributed by atoms with van der Waals surface area (Å²) in [5.41, 5.74) is 5.91. The van der Waals surface area contributed by atoms with E-state index < -0.39 is 10.0 Å². The number of carbonyl (C=O) groups excluding carboxylic acids is 1. The molecule has 30 heavy (non-hydrogen) atoms. The van der Waals surface area contributed by atoms with Crippen molar-refractivity contribution in [2.75, 3.05) is 25.6 Å². The predicted molar refractivity (Wildman–Crippen MR) is 117 cm³/mol. The minimum Gasteiger partial charge on any atom is -0.497 e. The van der Waals surface area contributed by atoms with Crippen molar-refractivity contribution in [1.29, 1.82) is 0 Å². The van der Waals surface area contributed by atoms with Gasteiger partial charge in [-0.1, -0.05) is 23.2 Å². The van der Waals surface area contributed by atoms with Crippen LogP contribution < -0.4 is 15.6 Å². The van der Waals surface area contributed by atoms with E-state index in [1.54, 1.807) is 30.3 Å². The molecule has 0 radical (unpaired) electrons. The van der Waals surface area contributed by atoms with Crippen LogP contribution in [0.3, 0.4) is 0 Å². The Balaban J connectivity index is 1.57. The van der Waals surface area contributed by atoms with Crippen LogP contribution in [0, 0.1) is 5.92 Å². The first-order valence-corrected chi connectivity index (χ1v) is 11.6. The Labute approximate surface area is 186 Å². The van der Waals surface area contributed by atoms with Crippen molar-refractivity contribution in [3.63, 3.8) is 0 Å². The van der Waals surface area contributed by atoms with Crippen molar-refractivity contribution in [3.8, 4) is 5.75 Å². The van der Waals surface area contributed by atoms with Gasteiger partial charge in [-0.25, -0.2) is 8.42 Å². The Morgan fingerprint density at radius 1 is 1.20 bits per heavy atom. The van der Waals surface area contributed by atoms with E-state index in [-0.39, 0.29) is 23.1 Å². The third-order valence-electron chi connectivity index (χ3n) is 4.92. The number of hydrazine groups is 1. The van der Waals surface area contributed by atoms with Gasteiger partial charge in [-0.15, -0.1) is 0 Å². The second-order valence-corrected chi connectivity index (χ2v) is 9.83. The van der Waals surface area contributed by atoms with Crippen LogP contribution >= 0.6 is 23.2 Å². The van der Waals surface area contributed by atoms with Crippen molar-refractivity contribution in [2.45, 2.75) is 24.2 Å². The smallest absolute Gasteiger partial charge is 0.243 e. The van der Waals surface area contributed by atoms with Crippen molar-refractivity contribution < 1.29 is 17.9 Å². The first-order chi connectivity index (χ1) is 14.3. The molecule has 0 spiro atoms. The van der Waals surface area contributed by atoms with E-state index in [1.807, 2.05) is 0 Å². The third-order valence-corrected chi connectivity index (χ3v) is 7.35. The van der Waals surface area contributed by atoms with Crippen molar-refractivity contribution in [1.82, 2.24) is 9.73 Å². The lowest BCUT2D eigenvalue weighted by Gasteiger charge is -2.31. The molecule has 0 bridgehead atoms. The molecular weight excluding hydrogens is 449 g/mol. The van der Waals surface area contributed by atoms with E-state index in [9.17, 15) is 13.2 Å². The third kappa shape index (κ3) is 5.57. The number of nitrogens with one attached hydrogen (secondary N) is 2. The number of carbonyl (C=O) groups is 1. The highest BCUT2D eigenvalue weighted by Gasteiger charge is 2.31. The largest absolute Gasteiger partial charge is 0.497 e. The number of sulfonamides is 1. The maximum absolute atomic E-state index is 12.9. The molecule has 10 heteroatoms. The highest BCUT2D eigenvalue weighted by atomic mass is 35.5. The van der Waals surface area contributed by atoms with Gasteiger partial charge in [-0.2, -0.15) is 4.31 Å². The lowest BCUT2D eigenvalue weighted by atomic mass is 9.96. The zero-order valence-corrected chi connectivity index (χ0v) is 18.7. The SMILES string of the molecule is COc1ccc(S(=O)(=O)N2CCCC(CC(=O)NNc3ccc(Cl)cc3Cl)C2)cc1. The summed E-state index contributed by atoms with van der Waals surface area (Å²) in [5.74, 6) is 0.277. The fraction of sp³-hybridized carbons (Fsp3) is 0.350. The van der Waals surface area contributed by atoms with Gasteiger partial charge in [0.2, 0.25) is 15.9 Å². The van der Waals surface area contributed by atoms with E-state index in [1.165, 1.54) is 23.5 Å². The first kappa shape index (κ1) is 22.7. The molecule has 0 saturated carbocycles. The van der Waals surface area contributed by atoms with Crippen LogP contribution in [0.25, 0.3) is 0 Å². The van der Waals surface area contributed by atoms with Crippen LogP contribution in [0.2, 0.25) is 10.0 Å². The number of methoxy groups -OCH3 is 1. The van der Waals surface area contributed by atoms with Gasteiger partial charge in [-0.3, -0.25) is 15.6 Å². The molecule has 7 nitrogen and oxygen atoms in total. The summed E-state index contributed by atoms with van der Waals surface area (Å²) >= 11 is 11.9. The molecule has 1 fully saturated rings. The maximum Gasteiger partial charge on any atom is 0.243 e. The molecule has 1 aliphatic rings. The summed E-state index contributed by atoms with van der Waals surface area (Å²) in [6.07, 6.45) is 1.68. The Hall–Kier alpha value is -2.00. The second kappa shape index (κ2) is 9.87. The average molecular weight is 472 g/mol. The molecule has 1 aliphatic heterocycles. The molecule has 1 amide bonds. The summed E-state index contributed by atoms with van der Waals surface area (Å²) in [6, 6.07) is 11.2. The molecule has 1 atom stereocenters. The molecule has 162 valence electrons. The van der Waals surface area contributed by atoms with Gasteiger partial charge in [0.05, 0.1) is 22.7 Å². The quantitative estimate of drug-likeness (QED) is 0.597. The van der Waals surface area contributed by atoms with Gasteiger partial charge in [0, 0.05) is 24.5 Å². The highest BCUT2D eigenvalue weighted by Crippen LogP contribution is 2.27. The topological polar surface area (TPSA) is 87.7 Å². The number of nitrogens with zero attached hydrogens (tertiary/aromatic N) is 1. The van der Waals surface area contributed by atoms with Crippen LogP contribution in [-0.4, -0.2) is 38.8 Å². The number of hydrogen-bond donors (Lipinski definition) is 2. The standard InChI is InChI=1S/C20H23Cl2N3O4S/c1-29-16-5-7-17(8-6-16)30(27,28)25-10-2-3-14(13-25)11-20(26)24-23-19-9-4-15(21)12-18(19)22/h4-9,12,14,23H,2-3,10-11,13H2,1H3,(H,24,26). The lowest BCUT2D eigenvalue weighted by Crippen LogP contribution is -2.41.